The Bertz CT molecular complexity index is 1010. The Morgan fingerprint density at radius 3 is 2.85 bits per heavy atom. The van der Waals surface area contributed by atoms with Gasteiger partial charge in [-0.05, 0) is 37.6 Å². The lowest BCUT2D eigenvalue weighted by Gasteiger charge is -2.29. The Labute approximate surface area is 163 Å². The van der Waals surface area contributed by atoms with Crippen molar-refractivity contribution in [3.05, 3.63) is 57.1 Å². The second-order valence-electron chi connectivity index (χ2n) is 6.44. The van der Waals surface area contributed by atoms with Crippen molar-refractivity contribution in [2.24, 2.45) is 0 Å². The molecule has 2 heterocycles. The van der Waals surface area contributed by atoms with Gasteiger partial charge in [0.1, 0.15) is 0 Å². The lowest BCUT2D eigenvalue weighted by Crippen LogP contribution is -2.49. The zero-order chi connectivity index (χ0) is 19.3. The third-order valence-electron chi connectivity index (χ3n) is 4.75. The fourth-order valence-corrected chi connectivity index (χ4v) is 4.99. The topological polar surface area (TPSA) is 92.6 Å². The number of carbonyl (C=O) groups excluding carboxylic acids is 2. The lowest BCUT2D eigenvalue weighted by atomic mass is 10.1. The number of carbonyl (C=O) groups is 2. The van der Waals surface area contributed by atoms with Crippen LogP contribution in [0.4, 0.5) is 17.1 Å². The molecule has 4 rings (SSSR count). The quantitative estimate of drug-likeness (QED) is 0.614. The molecule has 2 amide bonds. The lowest BCUT2D eigenvalue weighted by molar-refractivity contribution is -0.385. The number of halogens is 1. The van der Waals surface area contributed by atoms with E-state index in [4.69, 9.17) is 11.6 Å². The maximum Gasteiger partial charge on any atom is 0.274 e. The summed E-state index contributed by atoms with van der Waals surface area (Å²) in [7, 11) is 0. The van der Waals surface area contributed by atoms with Crippen LogP contribution in [-0.2, 0) is 9.59 Å². The average Bonchev–Trinajstić information content (AvgIpc) is 3.12. The summed E-state index contributed by atoms with van der Waals surface area (Å²) in [6, 6.07) is 9.71. The van der Waals surface area contributed by atoms with E-state index >= 15 is 0 Å². The van der Waals surface area contributed by atoms with E-state index in [0.717, 1.165) is 4.90 Å². The first-order valence-corrected chi connectivity index (χ1v) is 9.39. The summed E-state index contributed by atoms with van der Waals surface area (Å²) in [4.78, 5) is 37.5. The standard InChI is InChI=1S/C18H14ClN3O4S/c1-10-2-4-12(9-13(10)22(25)26)20-17(24)18-7-6-16(23)21(18)14-8-11(19)3-5-15(14)27-18/h2-5,8-9H,6-7H2,1H3,(H,20,24)/t18-/m0/s1. The minimum absolute atomic E-state index is 0.0706. The van der Waals surface area contributed by atoms with Crippen LogP contribution in [0.1, 0.15) is 18.4 Å². The van der Waals surface area contributed by atoms with Crippen LogP contribution in [0.15, 0.2) is 41.3 Å². The molecule has 138 valence electrons. The second kappa shape index (κ2) is 6.24. The van der Waals surface area contributed by atoms with Crippen molar-refractivity contribution >= 4 is 52.2 Å². The van der Waals surface area contributed by atoms with Gasteiger partial charge in [0, 0.05) is 33.7 Å². The van der Waals surface area contributed by atoms with Gasteiger partial charge >= 0.3 is 0 Å². The van der Waals surface area contributed by atoms with Gasteiger partial charge < -0.3 is 5.32 Å². The van der Waals surface area contributed by atoms with Crippen LogP contribution >= 0.6 is 23.4 Å². The largest absolute Gasteiger partial charge is 0.323 e. The maximum absolute atomic E-state index is 13.2. The van der Waals surface area contributed by atoms with E-state index in [1.54, 1.807) is 37.3 Å². The van der Waals surface area contributed by atoms with Crippen molar-refractivity contribution in [2.75, 3.05) is 10.2 Å². The summed E-state index contributed by atoms with van der Waals surface area (Å²) in [5, 5.41) is 14.4. The van der Waals surface area contributed by atoms with Crippen LogP contribution < -0.4 is 10.2 Å². The number of fused-ring (bicyclic) bond motifs is 3. The molecule has 27 heavy (non-hydrogen) atoms. The summed E-state index contributed by atoms with van der Waals surface area (Å²) < 4.78 is 0. The molecule has 9 heteroatoms. The van der Waals surface area contributed by atoms with Gasteiger partial charge in [0.2, 0.25) is 5.91 Å². The molecule has 2 aliphatic heterocycles. The van der Waals surface area contributed by atoms with Crippen LogP contribution in [0, 0.1) is 17.0 Å². The van der Waals surface area contributed by atoms with Gasteiger partial charge in [-0.2, -0.15) is 0 Å². The number of rotatable bonds is 3. The molecule has 2 aromatic rings. The van der Waals surface area contributed by atoms with Crippen LogP contribution in [0.3, 0.4) is 0 Å². The molecular formula is C18H14ClN3O4S. The monoisotopic (exact) mass is 403 g/mol. The fraction of sp³-hybridized carbons (Fsp3) is 0.222. The summed E-state index contributed by atoms with van der Waals surface area (Å²) >= 11 is 7.37. The molecule has 1 saturated heterocycles. The predicted octanol–water partition coefficient (Wildman–Crippen LogP) is 4.12. The van der Waals surface area contributed by atoms with Crippen molar-refractivity contribution in [3.63, 3.8) is 0 Å². The molecule has 0 saturated carbocycles. The molecule has 1 fully saturated rings. The third kappa shape index (κ3) is 2.76. The Morgan fingerprint density at radius 2 is 2.11 bits per heavy atom. The molecule has 7 nitrogen and oxygen atoms in total. The Balaban J connectivity index is 1.69. The molecule has 0 aliphatic carbocycles. The van der Waals surface area contributed by atoms with Crippen molar-refractivity contribution < 1.29 is 14.5 Å². The number of amides is 2. The molecule has 0 radical (unpaired) electrons. The van der Waals surface area contributed by atoms with Crippen LogP contribution in [0.5, 0.6) is 0 Å². The number of aryl methyl sites for hydroxylation is 1. The number of benzene rings is 2. The highest BCUT2D eigenvalue weighted by atomic mass is 35.5. The summed E-state index contributed by atoms with van der Waals surface area (Å²) in [6.07, 6.45) is 0.600. The summed E-state index contributed by atoms with van der Waals surface area (Å²) in [6.45, 7) is 1.63. The van der Waals surface area contributed by atoms with Crippen molar-refractivity contribution in [1.82, 2.24) is 0 Å². The number of thioether (sulfide) groups is 1. The van der Waals surface area contributed by atoms with Crippen LogP contribution in [0.25, 0.3) is 0 Å². The van der Waals surface area contributed by atoms with E-state index in [1.165, 1.54) is 22.7 Å². The number of nitrogens with one attached hydrogen (secondary N) is 1. The van der Waals surface area contributed by atoms with Gasteiger partial charge in [-0.15, -0.1) is 0 Å². The molecule has 2 aliphatic rings. The van der Waals surface area contributed by atoms with Gasteiger partial charge in [-0.25, -0.2) is 0 Å². The first-order valence-electron chi connectivity index (χ1n) is 8.20. The van der Waals surface area contributed by atoms with E-state index in [2.05, 4.69) is 5.32 Å². The molecule has 0 bridgehead atoms. The minimum atomic E-state index is -1.11. The van der Waals surface area contributed by atoms with Crippen molar-refractivity contribution in [3.8, 4) is 0 Å². The number of anilines is 2. The Kier molecular flexibility index (Phi) is 4.12. The van der Waals surface area contributed by atoms with Gasteiger partial charge in [-0.1, -0.05) is 29.4 Å². The first-order chi connectivity index (χ1) is 12.8. The predicted molar refractivity (Wildman–Crippen MR) is 103 cm³/mol. The summed E-state index contributed by atoms with van der Waals surface area (Å²) in [5.74, 6) is -0.530. The molecule has 0 unspecified atom stereocenters. The molecule has 1 atom stereocenters. The highest BCUT2D eigenvalue weighted by Gasteiger charge is 2.57. The number of nitro groups is 1. The number of hydrogen-bond donors (Lipinski definition) is 1. The second-order valence-corrected chi connectivity index (χ2v) is 8.20. The SMILES string of the molecule is Cc1ccc(NC(=O)[C@@]23CCC(=O)N2c2cc(Cl)ccc2S3)cc1[N+](=O)[O-]. The van der Waals surface area contributed by atoms with E-state index in [1.807, 2.05) is 0 Å². The first kappa shape index (κ1) is 17.8. The molecular weight excluding hydrogens is 390 g/mol. The van der Waals surface area contributed by atoms with E-state index in [0.29, 0.717) is 28.4 Å². The molecule has 1 N–H and O–H groups in total. The van der Waals surface area contributed by atoms with Crippen LogP contribution in [0.2, 0.25) is 5.02 Å². The van der Waals surface area contributed by atoms with Crippen LogP contribution in [-0.4, -0.2) is 21.6 Å². The Morgan fingerprint density at radius 1 is 1.33 bits per heavy atom. The zero-order valence-corrected chi connectivity index (χ0v) is 15.8. The molecule has 0 aromatic heterocycles. The van der Waals surface area contributed by atoms with Crippen molar-refractivity contribution in [2.45, 2.75) is 29.5 Å². The fourth-order valence-electron chi connectivity index (χ4n) is 3.43. The molecule has 2 aromatic carbocycles. The smallest absolute Gasteiger partial charge is 0.274 e. The van der Waals surface area contributed by atoms with Gasteiger partial charge in [0.25, 0.3) is 11.6 Å². The number of hydrogen-bond acceptors (Lipinski definition) is 5. The molecule has 0 spiro atoms. The minimum Gasteiger partial charge on any atom is -0.323 e. The van der Waals surface area contributed by atoms with Crippen molar-refractivity contribution in [1.29, 1.82) is 0 Å². The number of nitrogens with zero attached hydrogens (tertiary/aromatic N) is 2. The van der Waals surface area contributed by atoms with E-state index in [9.17, 15) is 19.7 Å². The van der Waals surface area contributed by atoms with E-state index < -0.39 is 9.79 Å². The highest BCUT2D eigenvalue weighted by molar-refractivity contribution is 8.02. The normalized spacial score (nSPS) is 20.4. The third-order valence-corrected chi connectivity index (χ3v) is 6.46. The summed E-state index contributed by atoms with van der Waals surface area (Å²) in [5.41, 5.74) is 1.38. The average molecular weight is 404 g/mol. The van der Waals surface area contributed by atoms with Gasteiger partial charge in [0.05, 0.1) is 10.6 Å². The van der Waals surface area contributed by atoms with Gasteiger partial charge in [0.15, 0.2) is 4.87 Å². The maximum atomic E-state index is 13.2. The zero-order valence-electron chi connectivity index (χ0n) is 14.2. The van der Waals surface area contributed by atoms with Gasteiger partial charge in [-0.3, -0.25) is 24.6 Å². The number of nitro benzene ring substituents is 1. The Hall–Kier alpha value is -2.58. The highest BCUT2D eigenvalue weighted by Crippen LogP contribution is 2.56. The van der Waals surface area contributed by atoms with E-state index in [-0.39, 0.29) is 23.9 Å².